The van der Waals surface area contributed by atoms with Gasteiger partial charge in [0.15, 0.2) is 0 Å². The highest BCUT2D eigenvalue weighted by Gasteiger charge is 2.39. The minimum atomic E-state index is -2.86. The lowest BCUT2D eigenvalue weighted by molar-refractivity contribution is -0.0498. The van der Waals surface area contributed by atoms with Crippen LogP contribution < -0.4 is 10.1 Å². The monoisotopic (exact) mass is 342 g/mol. The first-order valence-corrected chi connectivity index (χ1v) is 8.13. The van der Waals surface area contributed by atoms with Gasteiger partial charge in [0.25, 0.3) is 0 Å². The number of nitrogens with one attached hydrogen (secondary N) is 1. The molecule has 0 bridgehead atoms. The third-order valence-electron chi connectivity index (χ3n) is 4.55. The molecular formula is C17H24F2N2O3. The smallest absolute Gasteiger partial charge is 0.387 e. The van der Waals surface area contributed by atoms with E-state index >= 15 is 0 Å². The molecule has 1 heterocycles. The first-order valence-electron chi connectivity index (χ1n) is 8.13. The average molecular weight is 342 g/mol. The maximum absolute atomic E-state index is 12.6. The number of rotatable bonds is 6. The Morgan fingerprint density at radius 3 is 2.62 bits per heavy atom. The molecule has 1 fully saturated rings. The fourth-order valence-corrected chi connectivity index (χ4v) is 3.06. The number of ether oxygens (including phenoxy) is 1. The number of aliphatic hydroxyl groups excluding tert-OH is 1. The summed E-state index contributed by atoms with van der Waals surface area (Å²) >= 11 is 0. The Hall–Kier alpha value is -1.89. The first kappa shape index (κ1) is 18.4. The van der Waals surface area contributed by atoms with Crippen LogP contribution in [0.3, 0.4) is 0 Å². The molecule has 24 heavy (non-hydrogen) atoms. The van der Waals surface area contributed by atoms with Crippen molar-refractivity contribution in [3.8, 4) is 5.75 Å². The lowest BCUT2D eigenvalue weighted by Gasteiger charge is -2.34. The van der Waals surface area contributed by atoms with Crippen molar-refractivity contribution in [2.75, 3.05) is 13.2 Å². The molecule has 0 saturated carbocycles. The van der Waals surface area contributed by atoms with Gasteiger partial charge in [0.2, 0.25) is 0 Å². The zero-order valence-electron chi connectivity index (χ0n) is 14.0. The fraction of sp³-hybridized carbons (Fsp3) is 0.588. The van der Waals surface area contributed by atoms with Crippen LogP contribution in [0, 0.1) is 0 Å². The predicted octanol–water partition coefficient (Wildman–Crippen LogP) is 3.30. The summed E-state index contributed by atoms with van der Waals surface area (Å²) in [5.41, 5.74) is 0.287. The summed E-state index contributed by atoms with van der Waals surface area (Å²) < 4.78 is 28.7. The zero-order valence-corrected chi connectivity index (χ0v) is 14.0. The lowest BCUT2D eigenvalue weighted by atomic mass is 10.0. The van der Waals surface area contributed by atoms with Gasteiger partial charge in [0.05, 0.1) is 18.2 Å². The Bertz CT molecular complexity index is 553. The molecule has 134 valence electrons. The summed E-state index contributed by atoms with van der Waals surface area (Å²) in [6, 6.07) is 5.81. The standard InChI is InChI=1S/C17H24F2N2O3/c1-3-14(12-5-7-13(8-6-12)24-15(18)19)20-16(23)21-10-4-9-17(21,2)11-22/h5-8,14-15,22H,3-4,9-11H2,1-2H3,(H,20,23)/t14-,17+/m1/s1. The van der Waals surface area contributed by atoms with Crippen LogP contribution in [0.4, 0.5) is 13.6 Å². The molecule has 1 aromatic carbocycles. The summed E-state index contributed by atoms with van der Waals surface area (Å²) in [4.78, 5) is 14.2. The fourth-order valence-electron chi connectivity index (χ4n) is 3.06. The SMILES string of the molecule is CC[C@@H](NC(=O)N1CCC[C@@]1(C)CO)c1ccc(OC(F)F)cc1. The number of amides is 2. The van der Waals surface area contributed by atoms with Crippen molar-refractivity contribution in [1.29, 1.82) is 0 Å². The molecular weight excluding hydrogens is 318 g/mol. The molecule has 1 aliphatic rings. The normalized spacial score (nSPS) is 21.8. The Morgan fingerprint density at radius 1 is 1.42 bits per heavy atom. The molecule has 0 radical (unpaired) electrons. The van der Waals surface area contributed by atoms with Gasteiger partial charge in [-0.1, -0.05) is 19.1 Å². The highest BCUT2D eigenvalue weighted by atomic mass is 19.3. The number of hydrogen-bond acceptors (Lipinski definition) is 3. The summed E-state index contributed by atoms with van der Waals surface area (Å²) in [5, 5.41) is 12.5. The molecule has 0 aromatic heterocycles. The molecule has 0 spiro atoms. The number of likely N-dealkylation sites (tertiary alicyclic amines) is 1. The van der Waals surface area contributed by atoms with Crippen molar-refractivity contribution >= 4 is 6.03 Å². The van der Waals surface area contributed by atoms with Gasteiger partial charge >= 0.3 is 12.6 Å². The minimum absolute atomic E-state index is 0.0725. The molecule has 2 rings (SSSR count). The van der Waals surface area contributed by atoms with Gasteiger partial charge in [-0.15, -0.1) is 0 Å². The molecule has 5 nitrogen and oxygen atoms in total. The molecule has 7 heteroatoms. The van der Waals surface area contributed by atoms with E-state index in [2.05, 4.69) is 10.1 Å². The number of halogens is 2. The van der Waals surface area contributed by atoms with Crippen LogP contribution in [-0.2, 0) is 0 Å². The van der Waals surface area contributed by atoms with Gasteiger partial charge in [-0.3, -0.25) is 0 Å². The summed E-state index contributed by atoms with van der Waals surface area (Å²) in [6.45, 7) is 1.49. The van der Waals surface area contributed by atoms with Gasteiger partial charge in [-0.25, -0.2) is 4.79 Å². The third-order valence-corrected chi connectivity index (χ3v) is 4.55. The number of alkyl halides is 2. The van der Waals surface area contributed by atoms with E-state index in [0.29, 0.717) is 13.0 Å². The van der Waals surface area contributed by atoms with Crippen LogP contribution in [0.1, 0.15) is 44.7 Å². The maximum Gasteiger partial charge on any atom is 0.387 e. The Morgan fingerprint density at radius 2 is 2.08 bits per heavy atom. The predicted molar refractivity (Wildman–Crippen MR) is 86.1 cm³/mol. The van der Waals surface area contributed by atoms with E-state index in [4.69, 9.17) is 0 Å². The maximum atomic E-state index is 12.6. The van der Waals surface area contributed by atoms with E-state index in [1.54, 1.807) is 17.0 Å². The van der Waals surface area contributed by atoms with Crippen molar-refractivity contribution in [3.05, 3.63) is 29.8 Å². The van der Waals surface area contributed by atoms with E-state index in [0.717, 1.165) is 18.4 Å². The van der Waals surface area contributed by atoms with Gasteiger partial charge in [0.1, 0.15) is 5.75 Å². The molecule has 1 aliphatic heterocycles. The number of nitrogens with zero attached hydrogens (tertiary/aromatic N) is 1. The van der Waals surface area contributed by atoms with Crippen molar-refractivity contribution in [1.82, 2.24) is 10.2 Å². The number of carbonyl (C=O) groups is 1. The van der Waals surface area contributed by atoms with Crippen molar-refractivity contribution in [2.45, 2.75) is 51.3 Å². The summed E-state index contributed by atoms with van der Waals surface area (Å²) in [7, 11) is 0. The molecule has 2 atom stereocenters. The molecule has 2 amide bonds. The number of carbonyl (C=O) groups excluding carboxylic acids is 1. The lowest BCUT2D eigenvalue weighted by Crippen LogP contribution is -2.52. The zero-order chi connectivity index (χ0) is 17.7. The summed E-state index contributed by atoms with van der Waals surface area (Å²) in [6.07, 6.45) is 2.29. The van der Waals surface area contributed by atoms with E-state index < -0.39 is 12.2 Å². The number of benzene rings is 1. The average Bonchev–Trinajstić information content (AvgIpc) is 2.95. The Labute approximate surface area is 140 Å². The topological polar surface area (TPSA) is 61.8 Å². The Balaban J connectivity index is 2.05. The van der Waals surface area contributed by atoms with Crippen molar-refractivity contribution in [3.63, 3.8) is 0 Å². The molecule has 1 aromatic rings. The Kier molecular flexibility index (Phi) is 5.99. The number of urea groups is 1. The number of hydrogen-bond donors (Lipinski definition) is 2. The second-order valence-corrected chi connectivity index (χ2v) is 6.27. The van der Waals surface area contributed by atoms with Crippen LogP contribution in [-0.4, -0.2) is 41.3 Å². The summed E-state index contributed by atoms with van der Waals surface area (Å²) in [5.74, 6) is 0.0855. The molecule has 0 unspecified atom stereocenters. The molecule has 1 saturated heterocycles. The van der Waals surface area contributed by atoms with Crippen molar-refractivity contribution < 1.29 is 23.4 Å². The van der Waals surface area contributed by atoms with Crippen LogP contribution in [0.15, 0.2) is 24.3 Å². The van der Waals surface area contributed by atoms with Crippen LogP contribution in [0.2, 0.25) is 0 Å². The largest absolute Gasteiger partial charge is 0.435 e. The number of aliphatic hydroxyl groups is 1. The van der Waals surface area contributed by atoms with Gasteiger partial charge in [-0.05, 0) is 43.9 Å². The van der Waals surface area contributed by atoms with Gasteiger partial charge in [-0.2, -0.15) is 8.78 Å². The second kappa shape index (κ2) is 7.79. The molecule has 2 N–H and O–H groups in total. The van der Waals surface area contributed by atoms with Crippen LogP contribution >= 0.6 is 0 Å². The van der Waals surface area contributed by atoms with Gasteiger partial charge < -0.3 is 20.1 Å². The van der Waals surface area contributed by atoms with E-state index in [1.165, 1.54) is 12.1 Å². The van der Waals surface area contributed by atoms with E-state index in [9.17, 15) is 18.7 Å². The second-order valence-electron chi connectivity index (χ2n) is 6.27. The van der Waals surface area contributed by atoms with Gasteiger partial charge in [0, 0.05) is 6.54 Å². The van der Waals surface area contributed by atoms with Crippen LogP contribution in [0.25, 0.3) is 0 Å². The quantitative estimate of drug-likeness (QED) is 0.834. The third kappa shape index (κ3) is 4.14. The highest BCUT2D eigenvalue weighted by Crippen LogP contribution is 2.29. The molecule has 0 aliphatic carbocycles. The minimum Gasteiger partial charge on any atom is -0.435 e. The van der Waals surface area contributed by atoms with E-state index in [1.807, 2.05) is 13.8 Å². The van der Waals surface area contributed by atoms with Crippen LogP contribution in [0.5, 0.6) is 5.75 Å². The van der Waals surface area contributed by atoms with E-state index in [-0.39, 0.29) is 24.4 Å². The van der Waals surface area contributed by atoms with Crippen molar-refractivity contribution in [2.24, 2.45) is 0 Å². The highest BCUT2D eigenvalue weighted by molar-refractivity contribution is 5.76. The first-order chi connectivity index (χ1) is 11.4.